The molecule has 0 atom stereocenters. The van der Waals surface area contributed by atoms with Crippen molar-refractivity contribution in [1.82, 2.24) is 14.5 Å². The molecule has 2 aromatic carbocycles. The maximum absolute atomic E-state index is 13.7. The Kier molecular flexibility index (Phi) is 9.33. The van der Waals surface area contributed by atoms with Gasteiger partial charge in [-0.05, 0) is 74.4 Å². The predicted octanol–water partition coefficient (Wildman–Crippen LogP) is 4.61. The van der Waals surface area contributed by atoms with Crippen molar-refractivity contribution < 1.29 is 49.5 Å². The summed E-state index contributed by atoms with van der Waals surface area (Å²) < 4.78 is 106. The largest absolute Gasteiger partial charge is 0.458 e. The van der Waals surface area contributed by atoms with Crippen LogP contribution in [0.5, 0.6) is 0 Å². The van der Waals surface area contributed by atoms with Crippen molar-refractivity contribution in [2.24, 2.45) is 4.99 Å². The first-order valence-corrected chi connectivity index (χ1v) is 16.7. The Morgan fingerprint density at radius 1 is 0.979 bits per heavy atom. The molecule has 2 N–H and O–H groups in total. The molecule has 3 aliphatic heterocycles. The normalized spacial score (nSPS) is 20.3. The molecule has 1 spiro atoms. The molecule has 2 fully saturated rings. The van der Waals surface area contributed by atoms with Crippen molar-refractivity contribution in [3.8, 4) is 0 Å². The van der Waals surface area contributed by atoms with Gasteiger partial charge >= 0.3 is 12.1 Å². The van der Waals surface area contributed by atoms with Crippen LogP contribution in [0.1, 0.15) is 63.9 Å². The van der Waals surface area contributed by atoms with Gasteiger partial charge in [0.15, 0.2) is 0 Å². The number of nitrogens with zero attached hydrogens (tertiary/aromatic N) is 3. The molecule has 0 saturated carbocycles. The Morgan fingerprint density at radius 3 is 2.06 bits per heavy atom. The topological polar surface area (TPSA) is 119 Å². The van der Waals surface area contributed by atoms with E-state index in [1.165, 1.54) is 10.4 Å². The number of aliphatic hydroxyl groups is 1. The van der Waals surface area contributed by atoms with Crippen molar-refractivity contribution in [3.05, 3.63) is 75.2 Å². The van der Waals surface area contributed by atoms with Crippen LogP contribution >= 0.6 is 0 Å². The number of likely N-dealkylation sites (tertiary alicyclic amines) is 1. The number of alkyl halides is 6. The van der Waals surface area contributed by atoms with Crippen LogP contribution in [-0.4, -0.2) is 90.5 Å². The molecule has 3 aliphatic rings. The lowest BCUT2D eigenvalue weighted by Crippen LogP contribution is -2.50. The fourth-order valence-corrected chi connectivity index (χ4v) is 7.32. The molecule has 0 bridgehead atoms. The summed E-state index contributed by atoms with van der Waals surface area (Å²) >= 11 is 0. The summed E-state index contributed by atoms with van der Waals surface area (Å²) in [6, 6.07) is 6.53. The fourth-order valence-electron chi connectivity index (χ4n) is 6.15. The highest BCUT2D eigenvalue weighted by atomic mass is 32.2. The third kappa shape index (κ3) is 6.74. The Balaban J connectivity index is 1.24. The van der Waals surface area contributed by atoms with E-state index in [4.69, 9.17) is 0 Å². The van der Waals surface area contributed by atoms with Crippen LogP contribution < -0.4 is 5.32 Å². The average Bonchev–Trinajstić information content (AvgIpc) is 3.35. The van der Waals surface area contributed by atoms with E-state index in [0.29, 0.717) is 34.4 Å². The Labute approximate surface area is 273 Å². The molecule has 16 heteroatoms. The van der Waals surface area contributed by atoms with Gasteiger partial charge in [-0.2, -0.15) is 26.3 Å². The number of piperidine rings is 2. The van der Waals surface area contributed by atoms with Crippen LogP contribution in [0.3, 0.4) is 0 Å². The van der Waals surface area contributed by atoms with Gasteiger partial charge in [-0.3, -0.25) is 14.6 Å². The minimum atomic E-state index is -5.77. The molecule has 9 nitrogen and oxygen atoms in total. The van der Waals surface area contributed by atoms with Crippen molar-refractivity contribution in [2.45, 2.75) is 62.8 Å². The van der Waals surface area contributed by atoms with E-state index >= 15 is 0 Å². The first-order valence-electron chi connectivity index (χ1n) is 15.1. The lowest BCUT2D eigenvalue weighted by atomic mass is 9.89. The van der Waals surface area contributed by atoms with Gasteiger partial charge in [0.05, 0.1) is 5.60 Å². The molecular formula is C32H34F6N4O5S. The van der Waals surface area contributed by atoms with Crippen molar-refractivity contribution in [2.75, 3.05) is 32.9 Å². The number of amidine groups is 1. The highest BCUT2D eigenvalue weighted by molar-refractivity contribution is 7.92. The number of rotatable bonds is 7. The number of carbonyl (C=O) groups is 2. The van der Waals surface area contributed by atoms with Gasteiger partial charge in [0.25, 0.3) is 11.8 Å². The Bertz CT molecular complexity index is 1740. The number of carbonyl (C=O) groups excluding carboxylic acids is 2. The standard InChI is InChI=1S/C32H34F6N4O5S/c1-20-17-23(27(43)41-12-8-29(45,19-33)9-13-41)18-21(2)25(20)7-16-48(46,47)42-14-10-30(11-15-42)28(44)39-26(40-30)22-3-5-24(6-4-22)31(34,35)32(36,37)38/h3-7,16-18,45H,8-15,19H2,1-2H3,(H,39,40,44)/b16-7+. The third-order valence-electron chi connectivity index (χ3n) is 9.24. The number of nitrogens with one attached hydrogen (secondary N) is 1. The zero-order valence-corrected chi connectivity index (χ0v) is 26.9. The second kappa shape index (κ2) is 12.6. The highest BCUT2D eigenvalue weighted by Gasteiger charge is 2.58. The Hall–Kier alpha value is -3.76. The van der Waals surface area contributed by atoms with Crippen LogP contribution in [0.15, 0.2) is 46.8 Å². The number of hydrogen-bond acceptors (Lipinski definition) is 6. The number of hydrogen-bond donors (Lipinski definition) is 2. The van der Waals surface area contributed by atoms with Crippen LogP contribution in [0.2, 0.25) is 0 Å². The quantitative estimate of drug-likeness (QED) is 0.410. The van der Waals surface area contributed by atoms with Gasteiger partial charge in [0.1, 0.15) is 18.0 Å². The molecular weight excluding hydrogens is 666 g/mol. The smallest absolute Gasteiger partial charge is 0.387 e. The zero-order valence-electron chi connectivity index (χ0n) is 26.1. The van der Waals surface area contributed by atoms with Gasteiger partial charge in [-0.25, -0.2) is 12.8 Å². The SMILES string of the molecule is Cc1cc(C(=O)N2CCC(O)(CF)CC2)cc(C)c1/C=C/S(=O)(=O)N1CCC2(CC1)N=C(c1ccc(C(F)(F)C(F)(F)F)cc1)NC2=O. The minimum Gasteiger partial charge on any atom is -0.387 e. The summed E-state index contributed by atoms with van der Waals surface area (Å²) in [6.07, 6.45) is -4.05. The van der Waals surface area contributed by atoms with E-state index in [9.17, 15) is 49.5 Å². The van der Waals surface area contributed by atoms with Gasteiger partial charge in [-0.1, -0.05) is 24.3 Å². The summed E-state index contributed by atoms with van der Waals surface area (Å²) in [5, 5.41) is 13.7. The maximum atomic E-state index is 13.7. The second-order valence-corrected chi connectivity index (χ2v) is 14.3. The summed E-state index contributed by atoms with van der Waals surface area (Å²) in [7, 11) is -3.95. The molecule has 3 heterocycles. The van der Waals surface area contributed by atoms with Gasteiger partial charge in [0, 0.05) is 48.3 Å². The van der Waals surface area contributed by atoms with Crippen LogP contribution in [0, 0.1) is 13.8 Å². The van der Waals surface area contributed by atoms with Gasteiger partial charge < -0.3 is 15.3 Å². The lowest BCUT2D eigenvalue weighted by molar-refractivity contribution is -0.289. The monoisotopic (exact) mass is 700 g/mol. The van der Waals surface area contributed by atoms with Crippen molar-refractivity contribution in [3.63, 3.8) is 0 Å². The average molecular weight is 701 g/mol. The summed E-state index contributed by atoms with van der Waals surface area (Å²) in [5.41, 5.74) is -1.59. The second-order valence-electron chi connectivity index (χ2n) is 12.5. The number of halogens is 6. The van der Waals surface area contributed by atoms with E-state index < -0.39 is 51.4 Å². The first kappa shape index (κ1) is 35.5. The lowest BCUT2D eigenvalue weighted by Gasteiger charge is -2.36. The van der Waals surface area contributed by atoms with Gasteiger partial charge in [-0.15, -0.1) is 0 Å². The number of sulfonamides is 1. The maximum Gasteiger partial charge on any atom is 0.458 e. The Morgan fingerprint density at radius 2 is 1.54 bits per heavy atom. The summed E-state index contributed by atoms with van der Waals surface area (Å²) in [6.45, 7) is 2.90. The summed E-state index contributed by atoms with van der Waals surface area (Å²) in [4.78, 5) is 32.0. The van der Waals surface area contributed by atoms with Crippen LogP contribution in [0.25, 0.3) is 6.08 Å². The highest BCUT2D eigenvalue weighted by Crippen LogP contribution is 2.44. The van der Waals surface area contributed by atoms with Crippen LogP contribution in [0.4, 0.5) is 26.3 Å². The molecule has 0 unspecified atom stereocenters. The molecule has 5 rings (SSSR count). The molecule has 260 valence electrons. The number of aliphatic imine (C=N–C) groups is 1. The van der Waals surface area contributed by atoms with Crippen molar-refractivity contribution >= 4 is 33.7 Å². The number of benzene rings is 2. The van der Waals surface area contributed by atoms with E-state index in [1.807, 2.05) is 0 Å². The molecule has 0 aliphatic carbocycles. The third-order valence-corrected chi connectivity index (χ3v) is 10.8. The molecule has 0 radical (unpaired) electrons. The molecule has 2 saturated heterocycles. The minimum absolute atomic E-state index is 0.00693. The zero-order chi connectivity index (χ0) is 35.3. The van der Waals surface area contributed by atoms with Crippen molar-refractivity contribution in [1.29, 1.82) is 0 Å². The van der Waals surface area contributed by atoms with Gasteiger partial charge in [0.2, 0.25) is 10.0 Å². The predicted molar refractivity (Wildman–Crippen MR) is 165 cm³/mol. The molecule has 2 amide bonds. The fraction of sp³-hybridized carbons (Fsp3) is 0.469. The molecule has 2 aromatic rings. The molecule has 48 heavy (non-hydrogen) atoms. The number of amides is 2. The first-order chi connectivity index (χ1) is 22.3. The number of aryl methyl sites for hydroxylation is 2. The molecule has 0 aromatic heterocycles. The summed E-state index contributed by atoms with van der Waals surface area (Å²) in [5.74, 6) is -5.86. The van der Waals surface area contributed by atoms with E-state index in [1.54, 1.807) is 30.9 Å². The van der Waals surface area contributed by atoms with E-state index in [-0.39, 0.29) is 69.2 Å². The van der Waals surface area contributed by atoms with E-state index in [2.05, 4.69) is 10.3 Å². The van der Waals surface area contributed by atoms with Crippen LogP contribution in [-0.2, 0) is 20.7 Å². The van der Waals surface area contributed by atoms with E-state index in [0.717, 1.165) is 17.5 Å².